The van der Waals surface area contributed by atoms with Crippen LogP contribution in [0.25, 0.3) is 98.9 Å². The van der Waals surface area contributed by atoms with Crippen molar-refractivity contribution in [2.24, 2.45) is 0 Å². The van der Waals surface area contributed by atoms with Crippen LogP contribution in [0.2, 0.25) is 0 Å². The summed E-state index contributed by atoms with van der Waals surface area (Å²) in [6.45, 7) is -0.0827. The molecule has 60 heavy (non-hydrogen) atoms. The average Bonchev–Trinajstić information content (AvgIpc) is 4.06. The number of anilines is 3. The van der Waals surface area contributed by atoms with Gasteiger partial charge in [-0.15, -0.1) is 0 Å². The fourth-order valence-corrected chi connectivity index (χ4v) is 11.1. The molecule has 0 N–H and O–H groups in total. The number of nitrogens with zero attached hydrogens (tertiary/aromatic N) is 3. The lowest BCUT2D eigenvalue weighted by Crippen LogP contribution is -2.59. The van der Waals surface area contributed by atoms with Crippen LogP contribution in [0.4, 0.5) is 17.1 Å². The maximum Gasteiger partial charge on any atom is 0.252 e. The van der Waals surface area contributed by atoms with Crippen molar-refractivity contribution in [2.45, 2.75) is 0 Å². The number of benzene rings is 9. The third-order valence-electron chi connectivity index (χ3n) is 13.4. The van der Waals surface area contributed by atoms with Crippen molar-refractivity contribution in [1.82, 2.24) is 9.13 Å². The molecule has 0 saturated heterocycles. The molecule has 2 aliphatic rings. The number of furan rings is 2. The minimum Gasteiger partial charge on any atom is -0.455 e. The van der Waals surface area contributed by atoms with Crippen LogP contribution in [0.5, 0.6) is 0 Å². The molecule has 0 aliphatic carbocycles. The van der Waals surface area contributed by atoms with E-state index in [9.17, 15) is 0 Å². The van der Waals surface area contributed by atoms with Crippen molar-refractivity contribution in [3.05, 3.63) is 182 Å². The lowest BCUT2D eigenvalue weighted by molar-refractivity contribution is 0.672. The maximum absolute atomic E-state index is 6.89. The van der Waals surface area contributed by atoms with E-state index < -0.39 is 0 Å². The minimum absolute atomic E-state index is 0.0827. The first-order valence-corrected chi connectivity index (χ1v) is 20.6. The Morgan fingerprint density at radius 1 is 0.383 bits per heavy atom. The van der Waals surface area contributed by atoms with Crippen molar-refractivity contribution < 1.29 is 8.83 Å². The molecule has 0 fully saturated rings. The number of hydrogen-bond donors (Lipinski definition) is 0. The molecule has 6 heterocycles. The molecule has 0 spiro atoms. The van der Waals surface area contributed by atoms with Gasteiger partial charge >= 0.3 is 0 Å². The van der Waals surface area contributed by atoms with Crippen LogP contribution in [0.15, 0.2) is 191 Å². The van der Waals surface area contributed by atoms with Crippen LogP contribution < -0.4 is 21.3 Å². The molecule has 0 amide bonds. The molecule has 0 bridgehead atoms. The summed E-state index contributed by atoms with van der Waals surface area (Å²) >= 11 is 0. The van der Waals surface area contributed by atoms with E-state index in [2.05, 4.69) is 196 Å². The third kappa shape index (κ3) is 3.71. The van der Waals surface area contributed by atoms with Gasteiger partial charge in [-0.25, -0.2) is 0 Å². The molecule has 6 heteroatoms. The van der Waals surface area contributed by atoms with E-state index >= 15 is 0 Å². The normalized spacial score (nSPS) is 13.0. The van der Waals surface area contributed by atoms with Gasteiger partial charge in [-0.3, -0.25) is 0 Å². The van der Waals surface area contributed by atoms with Crippen LogP contribution in [0.3, 0.4) is 0 Å². The van der Waals surface area contributed by atoms with Crippen molar-refractivity contribution in [1.29, 1.82) is 0 Å². The number of hydrogen-bond acceptors (Lipinski definition) is 3. The summed E-state index contributed by atoms with van der Waals surface area (Å²) in [4.78, 5) is 2.40. The summed E-state index contributed by atoms with van der Waals surface area (Å²) in [6.07, 6.45) is 0. The highest BCUT2D eigenvalue weighted by Gasteiger charge is 2.43. The Labute approximate surface area is 342 Å². The van der Waals surface area contributed by atoms with E-state index in [1.807, 2.05) is 0 Å². The highest BCUT2D eigenvalue weighted by atomic mass is 16.3. The van der Waals surface area contributed by atoms with Crippen LogP contribution in [-0.2, 0) is 0 Å². The molecule has 13 aromatic rings. The van der Waals surface area contributed by atoms with E-state index in [0.717, 1.165) is 82.7 Å². The van der Waals surface area contributed by atoms with Gasteiger partial charge in [0.05, 0.1) is 38.5 Å². The van der Waals surface area contributed by atoms with Crippen molar-refractivity contribution in [2.75, 3.05) is 4.90 Å². The summed E-state index contributed by atoms with van der Waals surface area (Å²) in [7, 11) is 0. The molecule has 15 rings (SSSR count). The largest absolute Gasteiger partial charge is 0.455 e. The van der Waals surface area contributed by atoms with Crippen molar-refractivity contribution >= 4 is 128 Å². The van der Waals surface area contributed by atoms with Gasteiger partial charge in [-0.05, 0) is 77.1 Å². The highest BCUT2D eigenvalue weighted by molar-refractivity contribution is 7.00. The third-order valence-corrected chi connectivity index (χ3v) is 13.4. The lowest BCUT2D eigenvalue weighted by atomic mass is 9.34. The molecule has 0 atom stereocenters. The Morgan fingerprint density at radius 2 is 0.800 bits per heavy atom. The first-order chi connectivity index (χ1) is 29.8. The van der Waals surface area contributed by atoms with Crippen LogP contribution in [-0.4, -0.2) is 15.8 Å². The Morgan fingerprint density at radius 3 is 1.28 bits per heavy atom. The fourth-order valence-electron chi connectivity index (χ4n) is 11.1. The van der Waals surface area contributed by atoms with Gasteiger partial charge in [0, 0.05) is 55.1 Å². The van der Waals surface area contributed by atoms with E-state index in [1.165, 1.54) is 49.6 Å². The quantitative estimate of drug-likeness (QED) is 0.168. The molecule has 4 aromatic heterocycles. The number of para-hydroxylation sites is 6. The molecule has 0 saturated carbocycles. The summed E-state index contributed by atoms with van der Waals surface area (Å²) < 4.78 is 18.9. The van der Waals surface area contributed by atoms with Crippen molar-refractivity contribution in [3.8, 4) is 11.4 Å². The van der Waals surface area contributed by atoms with Gasteiger partial charge in [-0.1, -0.05) is 121 Å². The van der Waals surface area contributed by atoms with Gasteiger partial charge in [0.25, 0.3) is 6.71 Å². The van der Waals surface area contributed by atoms with E-state index in [-0.39, 0.29) is 6.71 Å². The fraction of sp³-hybridized carbons (Fsp3) is 0. The number of rotatable bonds is 3. The highest BCUT2D eigenvalue weighted by Crippen LogP contribution is 2.47. The van der Waals surface area contributed by atoms with E-state index in [0.29, 0.717) is 0 Å². The summed E-state index contributed by atoms with van der Waals surface area (Å²) in [5.74, 6) is 0. The summed E-state index contributed by atoms with van der Waals surface area (Å²) in [5.41, 5.74) is 17.9. The predicted octanol–water partition coefficient (Wildman–Crippen LogP) is 12.3. The molecular weight excluding hydrogens is 733 g/mol. The molecule has 276 valence electrons. The zero-order valence-electron chi connectivity index (χ0n) is 32.1. The second-order valence-corrected chi connectivity index (χ2v) is 16.4. The van der Waals surface area contributed by atoms with Crippen molar-refractivity contribution in [3.63, 3.8) is 0 Å². The smallest absolute Gasteiger partial charge is 0.252 e. The Kier molecular flexibility index (Phi) is 5.67. The number of aromatic nitrogens is 2. The monoisotopic (exact) mass is 763 g/mol. The first kappa shape index (κ1) is 31.1. The van der Waals surface area contributed by atoms with E-state index in [4.69, 9.17) is 8.83 Å². The maximum atomic E-state index is 6.89. The van der Waals surface area contributed by atoms with Gasteiger partial charge in [0.2, 0.25) is 0 Å². The zero-order valence-corrected chi connectivity index (χ0v) is 32.1. The van der Waals surface area contributed by atoms with Crippen LogP contribution in [0, 0.1) is 0 Å². The van der Waals surface area contributed by atoms with Gasteiger partial charge < -0.3 is 22.9 Å². The van der Waals surface area contributed by atoms with E-state index in [1.54, 1.807) is 0 Å². The van der Waals surface area contributed by atoms with Gasteiger partial charge in [-0.2, -0.15) is 0 Å². The average molecular weight is 764 g/mol. The second-order valence-electron chi connectivity index (χ2n) is 16.4. The number of fused-ring (bicyclic) bond motifs is 18. The Bertz CT molecular complexity index is 3770. The Hall–Kier alpha value is -7.96. The Balaban J connectivity index is 1.20. The summed E-state index contributed by atoms with van der Waals surface area (Å²) in [6, 6.07) is 66.0. The topological polar surface area (TPSA) is 39.4 Å². The van der Waals surface area contributed by atoms with Crippen LogP contribution >= 0.6 is 0 Å². The molecular formula is C54H30BN3O2. The predicted molar refractivity (Wildman–Crippen MR) is 249 cm³/mol. The molecule has 9 aromatic carbocycles. The zero-order chi connectivity index (χ0) is 38.8. The van der Waals surface area contributed by atoms with Gasteiger partial charge in [0.1, 0.15) is 22.3 Å². The lowest BCUT2D eigenvalue weighted by Gasteiger charge is -2.36. The molecule has 0 unspecified atom stereocenters. The van der Waals surface area contributed by atoms with Gasteiger partial charge in [0.15, 0.2) is 0 Å². The standard InChI is InChI=1S/C54H30BN3O2/c1-3-15-31(16-4-1)56(32-17-5-2-6-18-32)33-27-44-50-45(28-33)58-43-24-12-8-22-37(43)49-52(58)41(30-39-35-20-10-14-26-47(35)60-54(39)49)55(50)40-29-38-34-19-9-13-25-46(34)59-53(38)48-36-21-7-11-23-42(36)57(44)51(40)48/h1-30H. The minimum atomic E-state index is -0.0827. The van der Waals surface area contributed by atoms with Crippen LogP contribution in [0.1, 0.15) is 0 Å². The molecule has 0 radical (unpaired) electrons. The molecule has 5 nitrogen and oxygen atoms in total. The second kappa shape index (κ2) is 11.0. The molecule has 2 aliphatic heterocycles. The SMILES string of the molecule is c1ccc(N(c2ccccc2)c2cc3c4c(c2)-n2c5ccccc5c5c6oc7ccccc7c6cc(c52)B4c2cc4c5ccccc5oc4c4c5ccccc5n-3c24)cc1. The first-order valence-electron chi connectivity index (χ1n) is 20.6. The summed E-state index contributed by atoms with van der Waals surface area (Å²) in [5, 5.41) is 9.26.